The van der Waals surface area contributed by atoms with Gasteiger partial charge >= 0.3 is 5.97 Å². The van der Waals surface area contributed by atoms with Gasteiger partial charge in [0.1, 0.15) is 5.82 Å². The van der Waals surface area contributed by atoms with Crippen molar-refractivity contribution in [3.63, 3.8) is 0 Å². The van der Waals surface area contributed by atoms with Gasteiger partial charge < -0.3 is 9.67 Å². The van der Waals surface area contributed by atoms with E-state index in [1.807, 2.05) is 0 Å². The highest BCUT2D eigenvalue weighted by Gasteiger charge is 2.17. The minimum Gasteiger partial charge on any atom is -0.478 e. The van der Waals surface area contributed by atoms with Crippen molar-refractivity contribution in [3.05, 3.63) is 53.6 Å². The zero-order chi connectivity index (χ0) is 15.1. The van der Waals surface area contributed by atoms with Crippen LogP contribution in [0.2, 0.25) is 0 Å². The minimum absolute atomic E-state index is 0.0329. The number of hydrogen-bond donors (Lipinski definition) is 1. The molecular weight excluding hydrogens is 278 g/mol. The Hall–Kier alpha value is -2.76. The molecule has 0 unspecified atom stereocenters. The number of carboxylic acids is 1. The van der Waals surface area contributed by atoms with Gasteiger partial charge in [0.15, 0.2) is 11.6 Å². The van der Waals surface area contributed by atoms with Gasteiger partial charge in [-0.15, -0.1) is 0 Å². The number of imidazole rings is 1. The highest BCUT2D eigenvalue weighted by atomic mass is 19.2. The van der Waals surface area contributed by atoms with Crippen LogP contribution in [0.15, 0.2) is 36.4 Å². The predicted octanol–water partition coefficient (Wildman–Crippen LogP) is 3.22. The number of aromatic nitrogens is 2. The number of nitrogens with zero attached hydrogens (tertiary/aromatic N) is 2. The van der Waals surface area contributed by atoms with E-state index in [9.17, 15) is 13.6 Å². The van der Waals surface area contributed by atoms with Gasteiger partial charge in [0.2, 0.25) is 0 Å². The van der Waals surface area contributed by atoms with Crippen molar-refractivity contribution in [1.82, 2.24) is 9.55 Å². The standard InChI is InChI=1S/C15H10F2N2O2/c1-19-12-6-5-8(15(20)21)7-11(12)18-14(19)9-3-2-4-10(16)13(9)17/h2-7H,1H3,(H,20,21). The molecule has 106 valence electrons. The van der Waals surface area contributed by atoms with Gasteiger partial charge in [-0.05, 0) is 30.3 Å². The molecule has 0 fully saturated rings. The number of carbonyl (C=O) groups is 1. The zero-order valence-corrected chi connectivity index (χ0v) is 11.0. The second-order valence-electron chi connectivity index (χ2n) is 4.60. The summed E-state index contributed by atoms with van der Waals surface area (Å²) >= 11 is 0. The molecule has 0 amide bonds. The molecule has 2 aromatic carbocycles. The summed E-state index contributed by atoms with van der Waals surface area (Å²) in [6, 6.07) is 8.29. The van der Waals surface area contributed by atoms with Crippen molar-refractivity contribution >= 4 is 17.0 Å². The summed E-state index contributed by atoms with van der Waals surface area (Å²) in [5.41, 5.74) is 1.17. The van der Waals surface area contributed by atoms with Crippen LogP contribution >= 0.6 is 0 Å². The lowest BCUT2D eigenvalue weighted by molar-refractivity contribution is 0.0697. The van der Waals surface area contributed by atoms with E-state index in [0.29, 0.717) is 11.0 Å². The van der Waals surface area contributed by atoms with Crippen molar-refractivity contribution in [2.24, 2.45) is 7.05 Å². The van der Waals surface area contributed by atoms with Gasteiger partial charge in [-0.25, -0.2) is 18.6 Å². The fourth-order valence-corrected chi connectivity index (χ4v) is 2.25. The maximum atomic E-state index is 13.9. The molecule has 1 heterocycles. The number of rotatable bonds is 2. The molecule has 21 heavy (non-hydrogen) atoms. The first-order chi connectivity index (χ1) is 9.99. The summed E-state index contributed by atoms with van der Waals surface area (Å²) in [4.78, 5) is 15.2. The van der Waals surface area contributed by atoms with E-state index in [1.165, 1.54) is 24.3 Å². The van der Waals surface area contributed by atoms with Crippen LogP contribution in [0.4, 0.5) is 8.78 Å². The van der Waals surface area contributed by atoms with E-state index in [1.54, 1.807) is 17.7 Å². The molecule has 0 saturated heterocycles. The Labute approximate surface area is 118 Å². The van der Waals surface area contributed by atoms with E-state index in [-0.39, 0.29) is 17.0 Å². The fourth-order valence-electron chi connectivity index (χ4n) is 2.25. The molecule has 0 spiro atoms. The van der Waals surface area contributed by atoms with Crippen molar-refractivity contribution in [2.45, 2.75) is 0 Å². The van der Waals surface area contributed by atoms with E-state index in [0.717, 1.165) is 6.07 Å². The third-order valence-corrected chi connectivity index (χ3v) is 3.32. The van der Waals surface area contributed by atoms with Gasteiger partial charge in [0, 0.05) is 7.05 Å². The second kappa shape index (κ2) is 4.66. The van der Waals surface area contributed by atoms with Crippen LogP contribution in [0.5, 0.6) is 0 Å². The van der Waals surface area contributed by atoms with Crippen LogP contribution in [0, 0.1) is 11.6 Å². The zero-order valence-electron chi connectivity index (χ0n) is 11.0. The maximum Gasteiger partial charge on any atom is 0.335 e. The quantitative estimate of drug-likeness (QED) is 0.787. The normalized spacial score (nSPS) is 11.0. The van der Waals surface area contributed by atoms with Crippen LogP contribution in [0.1, 0.15) is 10.4 Å². The van der Waals surface area contributed by atoms with Gasteiger partial charge in [-0.1, -0.05) is 6.07 Å². The predicted molar refractivity (Wildman–Crippen MR) is 73.0 cm³/mol. The average Bonchev–Trinajstić information content (AvgIpc) is 2.78. The van der Waals surface area contributed by atoms with Crippen molar-refractivity contribution < 1.29 is 18.7 Å². The van der Waals surface area contributed by atoms with Crippen LogP contribution in [-0.2, 0) is 7.05 Å². The number of aromatic carboxylic acids is 1. The molecular formula is C15H10F2N2O2. The summed E-state index contributed by atoms with van der Waals surface area (Å²) in [6.07, 6.45) is 0. The largest absolute Gasteiger partial charge is 0.478 e. The second-order valence-corrected chi connectivity index (χ2v) is 4.60. The smallest absolute Gasteiger partial charge is 0.335 e. The van der Waals surface area contributed by atoms with Gasteiger partial charge in [0.05, 0.1) is 22.2 Å². The maximum absolute atomic E-state index is 13.9. The SMILES string of the molecule is Cn1c(-c2cccc(F)c2F)nc2cc(C(=O)O)ccc21. The lowest BCUT2D eigenvalue weighted by atomic mass is 10.2. The van der Waals surface area contributed by atoms with E-state index < -0.39 is 17.6 Å². The Morgan fingerprint density at radius 1 is 1.24 bits per heavy atom. The van der Waals surface area contributed by atoms with Crippen LogP contribution in [-0.4, -0.2) is 20.6 Å². The van der Waals surface area contributed by atoms with E-state index in [2.05, 4.69) is 4.98 Å². The Kier molecular flexibility index (Phi) is 2.94. The topological polar surface area (TPSA) is 55.1 Å². The van der Waals surface area contributed by atoms with Gasteiger partial charge in [-0.2, -0.15) is 0 Å². The molecule has 0 aliphatic heterocycles. The first kappa shape index (κ1) is 13.2. The highest BCUT2D eigenvalue weighted by Crippen LogP contribution is 2.27. The Morgan fingerprint density at radius 3 is 2.71 bits per heavy atom. The molecule has 0 bridgehead atoms. The molecule has 0 aliphatic carbocycles. The number of benzene rings is 2. The number of carboxylic acid groups (broad SMARTS) is 1. The van der Waals surface area contributed by atoms with Crippen LogP contribution < -0.4 is 0 Å². The van der Waals surface area contributed by atoms with Gasteiger partial charge in [-0.3, -0.25) is 0 Å². The molecule has 0 atom stereocenters. The van der Waals surface area contributed by atoms with Crippen molar-refractivity contribution in [1.29, 1.82) is 0 Å². The Balaban J connectivity index is 2.26. The van der Waals surface area contributed by atoms with Gasteiger partial charge in [0.25, 0.3) is 0 Å². The Bertz CT molecular complexity index is 871. The molecule has 4 nitrogen and oxygen atoms in total. The molecule has 1 aromatic heterocycles. The lowest BCUT2D eigenvalue weighted by Gasteiger charge is -2.04. The number of fused-ring (bicyclic) bond motifs is 1. The number of aryl methyl sites for hydroxylation is 1. The van der Waals surface area contributed by atoms with Crippen molar-refractivity contribution in [2.75, 3.05) is 0 Å². The average molecular weight is 288 g/mol. The fraction of sp³-hybridized carbons (Fsp3) is 0.0667. The van der Waals surface area contributed by atoms with Crippen LogP contribution in [0.3, 0.4) is 0 Å². The number of hydrogen-bond acceptors (Lipinski definition) is 2. The molecule has 0 saturated carbocycles. The summed E-state index contributed by atoms with van der Waals surface area (Å²) in [7, 11) is 1.66. The summed E-state index contributed by atoms with van der Waals surface area (Å²) < 4.78 is 28.8. The molecule has 3 rings (SSSR count). The van der Waals surface area contributed by atoms with E-state index >= 15 is 0 Å². The lowest BCUT2D eigenvalue weighted by Crippen LogP contribution is -1.97. The Morgan fingerprint density at radius 2 is 2.00 bits per heavy atom. The molecule has 3 aromatic rings. The monoisotopic (exact) mass is 288 g/mol. The third-order valence-electron chi connectivity index (χ3n) is 3.32. The molecule has 1 N–H and O–H groups in total. The highest BCUT2D eigenvalue weighted by molar-refractivity contribution is 5.93. The molecule has 0 aliphatic rings. The first-order valence-electron chi connectivity index (χ1n) is 6.13. The molecule has 6 heteroatoms. The third kappa shape index (κ3) is 2.05. The van der Waals surface area contributed by atoms with Crippen LogP contribution in [0.25, 0.3) is 22.4 Å². The first-order valence-corrected chi connectivity index (χ1v) is 6.13. The number of halogens is 2. The molecule has 0 radical (unpaired) electrons. The van der Waals surface area contributed by atoms with Crippen molar-refractivity contribution in [3.8, 4) is 11.4 Å². The summed E-state index contributed by atoms with van der Waals surface area (Å²) in [5.74, 6) is -2.76. The minimum atomic E-state index is -1.07. The summed E-state index contributed by atoms with van der Waals surface area (Å²) in [5, 5.41) is 8.97. The van der Waals surface area contributed by atoms with E-state index in [4.69, 9.17) is 5.11 Å². The summed E-state index contributed by atoms with van der Waals surface area (Å²) in [6.45, 7) is 0.